The number of hydrogen-bond acceptors (Lipinski definition) is 3. The first kappa shape index (κ1) is 12.3. The van der Waals surface area contributed by atoms with Crippen molar-refractivity contribution in [2.45, 2.75) is 32.7 Å². The van der Waals surface area contributed by atoms with E-state index in [0.29, 0.717) is 6.04 Å². The Bertz CT molecular complexity index is 588. The van der Waals surface area contributed by atoms with Gasteiger partial charge in [-0.3, -0.25) is 4.98 Å². The summed E-state index contributed by atoms with van der Waals surface area (Å²) in [5.41, 5.74) is 8.97. The third kappa shape index (κ3) is 2.37. The molecule has 19 heavy (non-hydrogen) atoms. The summed E-state index contributed by atoms with van der Waals surface area (Å²) in [6, 6.07) is 8.72. The van der Waals surface area contributed by atoms with Crippen LogP contribution >= 0.6 is 0 Å². The summed E-state index contributed by atoms with van der Waals surface area (Å²) in [6.07, 6.45) is 4.55. The Balaban J connectivity index is 2.09. The highest BCUT2D eigenvalue weighted by Crippen LogP contribution is 2.35. The molecule has 0 aliphatic heterocycles. The highest BCUT2D eigenvalue weighted by Gasteiger charge is 2.26. The molecular formula is C16H21N3. The van der Waals surface area contributed by atoms with Gasteiger partial charge in [-0.1, -0.05) is 0 Å². The average Bonchev–Trinajstić information content (AvgIpc) is 3.21. The zero-order valence-corrected chi connectivity index (χ0v) is 11.6. The zero-order valence-electron chi connectivity index (χ0n) is 11.6. The summed E-state index contributed by atoms with van der Waals surface area (Å²) in [7, 11) is 0. The number of nitrogen functional groups attached to an aromatic ring is 1. The summed E-state index contributed by atoms with van der Waals surface area (Å²) in [4.78, 5) is 6.91. The molecule has 1 aliphatic carbocycles. The molecule has 1 aromatic carbocycles. The van der Waals surface area contributed by atoms with Crippen molar-refractivity contribution in [1.29, 1.82) is 0 Å². The van der Waals surface area contributed by atoms with Crippen molar-refractivity contribution >= 4 is 22.3 Å². The van der Waals surface area contributed by atoms with Crippen LogP contribution in [0.5, 0.6) is 0 Å². The SMILES string of the molecule is CC(C)N(CC1CC1)c1ccc(N)c2ncccc12. The Hall–Kier alpha value is -1.77. The molecular weight excluding hydrogens is 234 g/mol. The number of hydrogen-bond donors (Lipinski definition) is 1. The number of nitrogens with two attached hydrogens (primary N) is 1. The van der Waals surface area contributed by atoms with Gasteiger partial charge in [0.25, 0.3) is 0 Å². The van der Waals surface area contributed by atoms with Crippen molar-refractivity contribution in [2.75, 3.05) is 17.2 Å². The third-order valence-electron chi connectivity index (χ3n) is 3.86. The summed E-state index contributed by atoms with van der Waals surface area (Å²) in [5, 5.41) is 1.16. The van der Waals surface area contributed by atoms with Gasteiger partial charge in [0, 0.05) is 29.9 Å². The molecule has 3 rings (SSSR count). The first-order valence-electron chi connectivity index (χ1n) is 7.06. The van der Waals surface area contributed by atoms with Gasteiger partial charge < -0.3 is 10.6 Å². The summed E-state index contributed by atoms with van der Waals surface area (Å²) in [6.45, 7) is 5.65. The molecule has 3 nitrogen and oxygen atoms in total. The number of nitrogens with zero attached hydrogens (tertiary/aromatic N) is 2. The maximum absolute atomic E-state index is 6.03. The van der Waals surface area contributed by atoms with E-state index in [1.54, 1.807) is 0 Å². The van der Waals surface area contributed by atoms with Crippen LogP contribution in [0.3, 0.4) is 0 Å². The number of fused-ring (bicyclic) bond motifs is 1. The van der Waals surface area contributed by atoms with Gasteiger partial charge in [0.1, 0.15) is 0 Å². The summed E-state index contributed by atoms with van der Waals surface area (Å²) < 4.78 is 0. The average molecular weight is 255 g/mol. The molecule has 0 bridgehead atoms. The Morgan fingerprint density at radius 3 is 2.79 bits per heavy atom. The lowest BCUT2D eigenvalue weighted by Gasteiger charge is -2.30. The van der Waals surface area contributed by atoms with Gasteiger partial charge in [-0.05, 0) is 56.9 Å². The molecule has 2 aromatic rings. The van der Waals surface area contributed by atoms with Crippen LogP contribution in [0.4, 0.5) is 11.4 Å². The molecule has 1 aromatic heterocycles. The minimum absolute atomic E-state index is 0.493. The van der Waals surface area contributed by atoms with Gasteiger partial charge in [0.05, 0.1) is 11.2 Å². The molecule has 0 spiro atoms. The molecule has 0 atom stereocenters. The predicted molar refractivity (Wildman–Crippen MR) is 81.4 cm³/mol. The first-order chi connectivity index (χ1) is 9.16. The van der Waals surface area contributed by atoms with E-state index in [-0.39, 0.29) is 0 Å². The molecule has 0 radical (unpaired) electrons. The van der Waals surface area contributed by atoms with Crippen LogP contribution in [0, 0.1) is 5.92 Å². The van der Waals surface area contributed by atoms with Crippen molar-refractivity contribution in [3.8, 4) is 0 Å². The predicted octanol–water partition coefficient (Wildman–Crippen LogP) is 3.44. The van der Waals surface area contributed by atoms with E-state index in [4.69, 9.17) is 5.73 Å². The fourth-order valence-corrected chi connectivity index (χ4v) is 2.60. The quantitative estimate of drug-likeness (QED) is 0.851. The van der Waals surface area contributed by atoms with Crippen molar-refractivity contribution in [1.82, 2.24) is 4.98 Å². The molecule has 1 fully saturated rings. The van der Waals surface area contributed by atoms with E-state index < -0.39 is 0 Å². The van der Waals surface area contributed by atoms with Crippen LogP contribution in [0.1, 0.15) is 26.7 Å². The fraction of sp³-hybridized carbons (Fsp3) is 0.438. The molecule has 1 aliphatic rings. The minimum Gasteiger partial charge on any atom is -0.397 e. The molecule has 100 valence electrons. The van der Waals surface area contributed by atoms with E-state index in [2.05, 4.69) is 35.9 Å². The maximum Gasteiger partial charge on any atom is 0.0951 e. The van der Waals surface area contributed by atoms with Crippen LogP contribution in [0.2, 0.25) is 0 Å². The fourth-order valence-electron chi connectivity index (χ4n) is 2.60. The van der Waals surface area contributed by atoms with E-state index in [1.807, 2.05) is 18.3 Å². The first-order valence-corrected chi connectivity index (χ1v) is 7.06. The molecule has 0 unspecified atom stereocenters. The van der Waals surface area contributed by atoms with Crippen LogP contribution in [-0.4, -0.2) is 17.6 Å². The standard InChI is InChI=1S/C16H21N3/c1-11(2)19(10-12-5-6-12)15-8-7-14(17)16-13(15)4-3-9-18-16/h3-4,7-9,11-12H,5-6,10,17H2,1-2H3. The second-order valence-electron chi connectivity index (χ2n) is 5.76. The van der Waals surface area contributed by atoms with E-state index in [9.17, 15) is 0 Å². The Morgan fingerprint density at radius 1 is 1.32 bits per heavy atom. The Kier molecular flexibility index (Phi) is 3.05. The largest absolute Gasteiger partial charge is 0.397 e. The number of rotatable bonds is 4. The highest BCUT2D eigenvalue weighted by molar-refractivity contribution is 5.98. The summed E-state index contributed by atoms with van der Waals surface area (Å²) >= 11 is 0. The molecule has 1 heterocycles. The Morgan fingerprint density at radius 2 is 2.11 bits per heavy atom. The van der Waals surface area contributed by atoms with E-state index >= 15 is 0 Å². The third-order valence-corrected chi connectivity index (χ3v) is 3.86. The number of pyridine rings is 1. The van der Waals surface area contributed by atoms with E-state index in [1.165, 1.54) is 18.5 Å². The van der Waals surface area contributed by atoms with E-state index in [0.717, 1.165) is 29.1 Å². The molecule has 0 amide bonds. The number of aromatic nitrogens is 1. The van der Waals surface area contributed by atoms with Crippen molar-refractivity contribution in [2.24, 2.45) is 5.92 Å². The van der Waals surface area contributed by atoms with Gasteiger partial charge in [-0.2, -0.15) is 0 Å². The number of benzene rings is 1. The Labute approximate surface area is 114 Å². The molecule has 2 N–H and O–H groups in total. The number of anilines is 2. The summed E-state index contributed by atoms with van der Waals surface area (Å²) in [5.74, 6) is 0.867. The van der Waals surface area contributed by atoms with Gasteiger partial charge in [0.2, 0.25) is 0 Å². The van der Waals surface area contributed by atoms with Gasteiger partial charge >= 0.3 is 0 Å². The molecule has 3 heteroatoms. The second kappa shape index (κ2) is 4.72. The lowest BCUT2D eigenvalue weighted by Crippen LogP contribution is -2.32. The topological polar surface area (TPSA) is 42.1 Å². The van der Waals surface area contributed by atoms with Gasteiger partial charge in [-0.15, -0.1) is 0 Å². The van der Waals surface area contributed by atoms with Crippen LogP contribution in [0.25, 0.3) is 10.9 Å². The highest BCUT2D eigenvalue weighted by atomic mass is 15.2. The van der Waals surface area contributed by atoms with Crippen LogP contribution < -0.4 is 10.6 Å². The van der Waals surface area contributed by atoms with Crippen molar-refractivity contribution in [3.63, 3.8) is 0 Å². The minimum atomic E-state index is 0.493. The molecule has 1 saturated carbocycles. The second-order valence-corrected chi connectivity index (χ2v) is 5.76. The van der Waals surface area contributed by atoms with Crippen LogP contribution in [-0.2, 0) is 0 Å². The normalized spacial score (nSPS) is 15.1. The monoisotopic (exact) mass is 255 g/mol. The van der Waals surface area contributed by atoms with Gasteiger partial charge in [-0.25, -0.2) is 0 Å². The maximum atomic E-state index is 6.03. The van der Waals surface area contributed by atoms with Crippen LogP contribution in [0.15, 0.2) is 30.5 Å². The lowest BCUT2D eigenvalue weighted by atomic mass is 10.1. The van der Waals surface area contributed by atoms with Gasteiger partial charge in [0.15, 0.2) is 0 Å². The lowest BCUT2D eigenvalue weighted by molar-refractivity contribution is 0.647. The zero-order chi connectivity index (χ0) is 13.4. The van der Waals surface area contributed by atoms with Crippen molar-refractivity contribution < 1.29 is 0 Å². The molecule has 0 saturated heterocycles. The smallest absolute Gasteiger partial charge is 0.0951 e. The van der Waals surface area contributed by atoms with Crippen molar-refractivity contribution in [3.05, 3.63) is 30.5 Å².